The smallest absolute Gasteiger partial charge is 0.125 e. The van der Waals surface area contributed by atoms with Gasteiger partial charge in [-0.1, -0.05) is 24.3 Å². The van der Waals surface area contributed by atoms with Crippen LogP contribution in [0.15, 0.2) is 28.1 Å². The Balaban J connectivity index is 2.46. The van der Waals surface area contributed by atoms with Gasteiger partial charge in [0.05, 0.1) is 22.0 Å². The highest BCUT2D eigenvalue weighted by Gasteiger charge is 2.11. The number of hydrogen-bond donors (Lipinski definition) is 0. The first-order chi connectivity index (χ1) is 7.72. The van der Waals surface area contributed by atoms with E-state index >= 15 is 0 Å². The maximum atomic E-state index is 8.67. The molecule has 16 heavy (non-hydrogen) atoms. The van der Waals surface area contributed by atoms with E-state index in [-0.39, 0.29) is 0 Å². The number of thiazole rings is 1. The average molecular weight is 293 g/mol. The van der Waals surface area contributed by atoms with E-state index in [1.165, 1.54) is 5.56 Å². The Morgan fingerprint density at radius 3 is 2.88 bits per heavy atom. The molecule has 2 rings (SSSR count). The van der Waals surface area contributed by atoms with Crippen molar-refractivity contribution in [1.29, 1.82) is 5.26 Å². The first-order valence-corrected chi connectivity index (χ1v) is 6.41. The van der Waals surface area contributed by atoms with Crippen molar-refractivity contribution in [2.75, 3.05) is 0 Å². The lowest BCUT2D eigenvalue weighted by molar-refractivity contribution is 1.15. The fourth-order valence-corrected chi connectivity index (χ4v) is 3.03. The third-order valence-corrected chi connectivity index (χ3v) is 4.13. The van der Waals surface area contributed by atoms with Crippen molar-refractivity contribution in [1.82, 2.24) is 4.98 Å². The quantitative estimate of drug-likeness (QED) is 0.840. The third kappa shape index (κ3) is 2.16. The topological polar surface area (TPSA) is 36.7 Å². The fourth-order valence-electron chi connectivity index (χ4n) is 1.45. The monoisotopic (exact) mass is 292 g/mol. The van der Waals surface area contributed by atoms with Crippen LogP contribution in [0.2, 0.25) is 0 Å². The molecule has 1 aromatic carbocycles. The van der Waals surface area contributed by atoms with E-state index < -0.39 is 0 Å². The van der Waals surface area contributed by atoms with E-state index in [9.17, 15) is 0 Å². The zero-order valence-electron chi connectivity index (χ0n) is 8.70. The number of rotatable bonds is 2. The molecule has 0 atom stereocenters. The van der Waals surface area contributed by atoms with E-state index in [4.69, 9.17) is 5.26 Å². The predicted octanol–water partition coefficient (Wildman–Crippen LogP) is 3.95. The van der Waals surface area contributed by atoms with Gasteiger partial charge in [0.2, 0.25) is 0 Å². The van der Waals surface area contributed by atoms with Crippen molar-refractivity contribution in [2.24, 2.45) is 0 Å². The molecule has 0 bridgehead atoms. The Kier molecular flexibility index (Phi) is 3.37. The fraction of sp³-hybridized carbons (Fsp3) is 0.167. The summed E-state index contributed by atoms with van der Waals surface area (Å²) in [6, 6.07) is 10.2. The number of nitriles is 1. The van der Waals surface area contributed by atoms with E-state index in [1.807, 2.05) is 12.1 Å². The molecule has 0 unspecified atom stereocenters. The summed E-state index contributed by atoms with van der Waals surface area (Å²) in [5, 5.41) is 9.64. The van der Waals surface area contributed by atoms with E-state index in [2.05, 4.69) is 46.0 Å². The summed E-state index contributed by atoms with van der Waals surface area (Å²) in [4.78, 5) is 4.48. The molecule has 0 radical (unpaired) electrons. The Bertz CT molecular complexity index is 554. The molecule has 0 spiro atoms. The molecular formula is C12H9BrN2S. The van der Waals surface area contributed by atoms with Gasteiger partial charge in [-0.25, -0.2) is 4.98 Å². The van der Waals surface area contributed by atoms with Gasteiger partial charge < -0.3 is 0 Å². The minimum absolute atomic E-state index is 0.350. The number of aryl methyl sites for hydroxylation is 1. The van der Waals surface area contributed by atoms with Crippen LogP contribution in [0, 0.1) is 18.3 Å². The lowest BCUT2D eigenvalue weighted by atomic mass is 10.1. The second-order valence-electron chi connectivity index (χ2n) is 3.39. The van der Waals surface area contributed by atoms with Crippen molar-refractivity contribution in [3.63, 3.8) is 0 Å². The van der Waals surface area contributed by atoms with Crippen LogP contribution in [0.4, 0.5) is 0 Å². The molecule has 2 nitrogen and oxygen atoms in total. The molecule has 0 amide bonds. The first kappa shape index (κ1) is 11.3. The van der Waals surface area contributed by atoms with Gasteiger partial charge >= 0.3 is 0 Å². The van der Waals surface area contributed by atoms with Crippen molar-refractivity contribution >= 4 is 27.3 Å². The molecule has 1 aromatic heterocycles. The van der Waals surface area contributed by atoms with Gasteiger partial charge in [-0.3, -0.25) is 0 Å². The van der Waals surface area contributed by atoms with Crippen LogP contribution in [0.25, 0.3) is 10.6 Å². The maximum absolute atomic E-state index is 8.67. The Morgan fingerprint density at radius 2 is 2.19 bits per heavy atom. The molecule has 0 saturated carbocycles. The zero-order valence-corrected chi connectivity index (χ0v) is 11.1. The summed E-state index contributed by atoms with van der Waals surface area (Å²) in [5.74, 6) is 0. The normalized spacial score (nSPS) is 10.1. The molecular weight excluding hydrogens is 284 g/mol. The summed E-state index contributed by atoms with van der Waals surface area (Å²) >= 11 is 5.02. The summed E-state index contributed by atoms with van der Waals surface area (Å²) < 4.78 is 0.951. The van der Waals surface area contributed by atoms with E-state index in [1.54, 1.807) is 11.3 Å². The van der Waals surface area contributed by atoms with Crippen LogP contribution < -0.4 is 0 Å². The molecule has 0 aliphatic rings. The van der Waals surface area contributed by atoms with Crippen LogP contribution in [0.3, 0.4) is 0 Å². The van der Waals surface area contributed by atoms with Gasteiger partial charge in [0.25, 0.3) is 0 Å². The molecule has 4 heteroatoms. The van der Waals surface area contributed by atoms with Crippen LogP contribution in [0.1, 0.15) is 11.3 Å². The molecule has 0 fully saturated rings. The molecule has 0 N–H and O–H groups in total. The molecule has 2 aromatic rings. The van der Waals surface area contributed by atoms with Gasteiger partial charge in [0.1, 0.15) is 5.01 Å². The Hall–Kier alpha value is -1.18. The highest BCUT2D eigenvalue weighted by atomic mass is 79.9. The second kappa shape index (κ2) is 4.77. The van der Waals surface area contributed by atoms with Gasteiger partial charge in [-0.05, 0) is 28.4 Å². The minimum Gasteiger partial charge on any atom is -0.239 e. The number of halogens is 1. The summed E-state index contributed by atoms with van der Waals surface area (Å²) in [5.41, 5.74) is 3.16. The average Bonchev–Trinajstić information content (AvgIpc) is 2.61. The van der Waals surface area contributed by atoms with E-state index in [0.29, 0.717) is 6.42 Å². The van der Waals surface area contributed by atoms with Crippen LogP contribution >= 0.6 is 27.3 Å². The molecule has 80 valence electrons. The van der Waals surface area contributed by atoms with Crippen molar-refractivity contribution < 1.29 is 0 Å². The van der Waals surface area contributed by atoms with Crippen molar-refractivity contribution in [2.45, 2.75) is 13.3 Å². The van der Waals surface area contributed by atoms with Gasteiger partial charge in [0, 0.05) is 5.56 Å². The lowest BCUT2D eigenvalue weighted by Gasteiger charge is -1.99. The van der Waals surface area contributed by atoms with Gasteiger partial charge in [0.15, 0.2) is 0 Å². The third-order valence-electron chi connectivity index (χ3n) is 2.27. The highest BCUT2D eigenvalue weighted by molar-refractivity contribution is 9.11. The number of benzene rings is 1. The van der Waals surface area contributed by atoms with Crippen LogP contribution in [-0.4, -0.2) is 4.98 Å². The molecule has 0 aliphatic heterocycles. The second-order valence-corrected chi connectivity index (χ2v) is 5.71. The SMILES string of the molecule is Cc1ccccc1-c1nc(CC#N)c(Br)s1. The van der Waals surface area contributed by atoms with Crippen LogP contribution in [-0.2, 0) is 6.42 Å². The zero-order chi connectivity index (χ0) is 11.5. The largest absolute Gasteiger partial charge is 0.239 e. The van der Waals surface area contributed by atoms with Gasteiger partial charge in [-0.2, -0.15) is 5.26 Å². The van der Waals surface area contributed by atoms with Crippen LogP contribution in [0.5, 0.6) is 0 Å². The molecule has 0 aliphatic carbocycles. The maximum Gasteiger partial charge on any atom is 0.125 e. The predicted molar refractivity (Wildman–Crippen MR) is 69.3 cm³/mol. The highest BCUT2D eigenvalue weighted by Crippen LogP contribution is 2.33. The van der Waals surface area contributed by atoms with E-state index in [0.717, 1.165) is 20.1 Å². The summed E-state index contributed by atoms with van der Waals surface area (Å²) in [7, 11) is 0. The van der Waals surface area contributed by atoms with Crippen molar-refractivity contribution in [3.8, 4) is 16.6 Å². The first-order valence-electron chi connectivity index (χ1n) is 4.80. The standard InChI is InChI=1S/C12H9BrN2S/c1-8-4-2-3-5-9(8)12-15-10(6-7-14)11(13)16-12/h2-5H,6H2,1H3. The molecule has 1 heterocycles. The van der Waals surface area contributed by atoms with Crippen molar-refractivity contribution in [3.05, 3.63) is 39.3 Å². The number of aromatic nitrogens is 1. The molecule has 0 saturated heterocycles. The number of nitrogens with zero attached hydrogens (tertiary/aromatic N) is 2. The summed E-state index contributed by atoms with van der Waals surface area (Å²) in [6.45, 7) is 2.06. The number of hydrogen-bond acceptors (Lipinski definition) is 3. The minimum atomic E-state index is 0.350. The Morgan fingerprint density at radius 1 is 1.44 bits per heavy atom. The van der Waals surface area contributed by atoms with Gasteiger partial charge in [-0.15, -0.1) is 11.3 Å². The Labute approximate surface area is 107 Å². The summed E-state index contributed by atoms with van der Waals surface area (Å²) in [6.07, 6.45) is 0.350. The lowest BCUT2D eigenvalue weighted by Crippen LogP contribution is -1.84.